The number of halogens is 3. The third kappa shape index (κ3) is 7.06. The molecule has 0 radical (unpaired) electrons. The molecule has 2 aromatic rings. The maximum Gasteiger partial charge on any atom is 0.408 e. The van der Waals surface area contributed by atoms with Gasteiger partial charge in [-0.2, -0.15) is 0 Å². The van der Waals surface area contributed by atoms with Crippen LogP contribution in [-0.4, -0.2) is 36.8 Å². The molecule has 3 rings (SSSR count). The van der Waals surface area contributed by atoms with Gasteiger partial charge in [0, 0.05) is 12.7 Å². The fraction of sp³-hybridized carbons (Fsp3) is 0.417. The second-order valence-electron chi connectivity index (χ2n) is 8.70. The maximum absolute atomic E-state index is 14.9. The molecule has 0 aliphatic carbocycles. The monoisotopic (exact) mass is 497 g/mol. The summed E-state index contributed by atoms with van der Waals surface area (Å²) in [6.45, 7) is 6.07. The first-order valence-corrected chi connectivity index (χ1v) is 11.3. The zero-order chi connectivity index (χ0) is 24.2. The first-order valence-electron chi connectivity index (χ1n) is 10.6. The third-order valence-electron chi connectivity index (χ3n) is 4.87. The summed E-state index contributed by atoms with van der Waals surface area (Å²) in [6.07, 6.45) is 1.01. The van der Waals surface area contributed by atoms with E-state index < -0.39 is 29.3 Å². The van der Waals surface area contributed by atoms with Gasteiger partial charge in [-0.05, 0) is 63.4 Å². The van der Waals surface area contributed by atoms with E-state index >= 15 is 0 Å². The molecule has 1 N–H and O–H groups in total. The lowest BCUT2D eigenvalue weighted by Crippen LogP contribution is -2.38. The lowest BCUT2D eigenvalue weighted by molar-refractivity contribution is 0.0490. The highest BCUT2D eigenvalue weighted by molar-refractivity contribution is 6.42. The molecule has 1 saturated heterocycles. The summed E-state index contributed by atoms with van der Waals surface area (Å²) in [6, 6.07) is 7.19. The number of nitrogens with one attached hydrogen (secondary N) is 1. The fourth-order valence-electron chi connectivity index (χ4n) is 3.32. The SMILES string of the molecule is CC(C)(C)OC(=O)NC(C(=O)c1ccc(OCC2CCCO2)cc1F)c1ccc(Cl)c(Cl)c1. The van der Waals surface area contributed by atoms with E-state index in [1.54, 1.807) is 20.8 Å². The molecule has 1 aliphatic rings. The minimum Gasteiger partial charge on any atom is -0.491 e. The van der Waals surface area contributed by atoms with E-state index in [2.05, 4.69) is 5.32 Å². The number of ether oxygens (including phenoxy) is 3. The Kier molecular flexibility index (Phi) is 8.21. The molecule has 0 saturated carbocycles. The van der Waals surface area contributed by atoms with Crippen LogP contribution in [0.5, 0.6) is 5.75 Å². The van der Waals surface area contributed by atoms with Crippen molar-refractivity contribution >= 4 is 35.1 Å². The molecular weight excluding hydrogens is 472 g/mol. The summed E-state index contributed by atoms with van der Waals surface area (Å²) in [5.74, 6) is -1.17. The molecule has 1 amide bonds. The number of carbonyl (C=O) groups is 2. The highest BCUT2D eigenvalue weighted by Crippen LogP contribution is 2.29. The number of hydrogen-bond acceptors (Lipinski definition) is 5. The summed E-state index contributed by atoms with van der Waals surface area (Å²) >= 11 is 12.1. The standard InChI is InChI=1S/C24H26Cl2FNO5/c1-24(2,3)33-23(30)28-21(14-6-9-18(25)19(26)11-14)22(29)17-8-7-15(12-20(17)27)32-13-16-5-4-10-31-16/h6-9,11-12,16,21H,4-5,10,13H2,1-3H3,(H,28,30). The van der Waals surface area contributed by atoms with Crippen LogP contribution in [0.4, 0.5) is 9.18 Å². The summed E-state index contributed by atoms with van der Waals surface area (Å²) < 4.78 is 31.3. The lowest BCUT2D eigenvalue weighted by atomic mass is 9.97. The lowest BCUT2D eigenvalue weighted by Gasteiger charge is -2.24. The maximum atomic E-state index is 14.9. The number of benzene rings is 2. The molecule has 2 aromatic carbocycles. The third-order valence-corrected chi connectivity index (χ3v) is 5.61. The molecule has 0 bridgehead atoms. The van der Waals surface area contributed by atoms with Crippen LogP contribution in [0.2, 0.25) is 10.0 Å². The quantitative estimate of drug-likeness (QED) is 0.465. The van der Waals surface area contributed by atoms with Gasteiger partial charge >= 0.3 is 6.09 Å². The van der Waals surface area contributed by atoms with Gasteiger partial charge < -0.3 is 19.5 Å². The predicted molar refractivity (Wildman–Crippen MR) is 124 cm³/mol. The zero-order valence-corrected chi connectivity index (χ0v) is 20.1. The van der Waals surface area contributed by atoms with Crippen molar-refractivity contribution in [1.29, 1.82) is 0 Å². The van der Waals surface area contributed by atoms with Crippen LogP contribution in [0.3, 0.4) is 0 Å². The van der Waals surface area contributed by atoms with Crippen molar-refractivity contribution in [3.63, 3.8) is 0 Å². The number of carbonyl (C=O) groups excluding carboxylic acids is 2. The number of amides is 1. The average molecular weight is 498 g/mol. The Morgan fingerprint density at radius 1 is 1.18 bits per heavy atom. The van der Waals surface area contributed by atoms with Gasteiger partial charge in [-0.15, -0.1) is 0 Å². The summed E-state index contributed by atoms with van der Waals surface area (Å²) in [5.41, 5.74) is -0.673. The Morgan fingerprint density at radius 2 is 1.94 bits per heavy atom. The van der Waals surface area contributed by atoms with E-state index in [-0.39, 0.29) is 27.5 Å². The molecule has 9 heteroatoms. The Hall–Kier alpha value is -2.35. The highest BCUT2D eigenvalue weighted by atomic mass is 35.5. The van der Waals surface area contributed by atoms with E-state index in [9.17, 15) is 14.0 Å². The van der Waals surface area contributed by atoms with Gasteiger partial charge in [0.1, 0.15) is 29.8 Å². The van der Waals surface area contributed by atoms with Crippen molar-refractivity contribution in [3.8, 4) is 5.75 Å². The second kappa shape index (κ2) is 10.7. The van der Waals surface area contributed by atoms with Crippen LogP contribution >= 0.6 is 23.2 Å². The topological polar surface area (TPSA) is 73.9 Å². The van der Waals surface area contributed by atoms with Gasteiger partial charge in [-0.3, -0.25) is 4.79 Å². The van der Waals surface area contributed by atoms with Gasteiger partial charge in [-0.25, -0.2) is 9.18 Å². The number of rotatable bonds is 7. The number of hydrogen-bond donors (Lipinski definition) is 1. The van der Waals surface area contributed by atoms with Crippen molar-refractivity contribution in [1.82, 2.24) is 5.32 Å². The number of Topliss-reactive ketones (excluding diaryl/α,β-unsaturated/α-hetero) is 1. The van der Waals surface area contributed by atoms with Crippen LogP contribution in [0.25, 0.3) is 0 Å². The minimum atomic E-state index is -1.25. The first-order chi connectivity index (χ1) is 15.5. The van der Waals surface area contributed by atoms with E-state index in [0.717, 1.165) is 18.9 Å². The molecule has 2 atom stereocenters. The summed E-state index contributed by atoms with van der Waals surface area (Å²) in [4.78, 5) is 25.7. The highest BCUT2D eigenvalue weighted by Gasteiger charge is 2.29. The molecule has 0 spiro atoms. The normalized spacial score (nSPS) is 16.8. The van der Waals surface area contributed by atoms with Crippen molar-refractivity contribution in [3.05, 3.63) is 63.4 Å². The average Bonchev–Trinajstić information content (AvgIpc) is 3.25. The summed E-state index contributed by atoms with van der Waals surface area (Å²) in [7, 11) is 0. The fourth-order valence-corrected chi connectivity index (χ4v) is 3.63. The van der Waals surface area contributed by atoms with Gasteiger partial charge in [0.15, 0.2) is 5.78 Å². The molecule has 1 heterocycles. The van der Waals surface area contributed by atoms with Crippen LogP contribution in [0.1, 0.15) is 55.6 Å². The van der Waals surface area contributed by atoms with E-state index in [1.807, 2.05) is 0 Å². The van der Waals surface area contributed by atoms with E-state index in [1.165, 1.54) is 30.3 Å². The van der Waals surface area contributed by atoms with Crippen LogP contribution < -0.4 is 10.1 Å². The molecule has 0 aromatic heterocycles. The predicted octanol–water partition coefficient (Wildman–Crippen LogP) is 6.14. The number of ketones is 1. The van der Waals surface area contributed by atoms with Crippen LogP contribution in [-0.2, 0) is 9.47 Å². The van der Waals surface area contributed by atoms with E-state index in [0.29, 0.717) is 18.8 Å². The van der Waals surface area contributed by atoms with Gasteiger partial charge in [0.25, 0.3) is 0 Å². The Balaban J connectivity index is 1.83. The smallest absolute Gasteiger partial charge is 0.408 e. The van der Waals surface area contributed by atoms with Crippen molar-refractivity contribution in [2.45, 2.75) is 51.4 Å². The first kappa shape index (κ1) is 25.3. The van der Waals surface area contributed by atoms with Gasteiger partial charge in [0.2, 0.25) is 0 Å². The molecule has 1 aliphatic heterocycles. The molecule has 1 fully saturated rings. The minimum absolute atomic E-state index is 0.0218. The van der Waals surface area contributed by atoms with Crippen molar-refractivity contribution in [2.75, 3.05) is 13.2 Å². The number of alkyl carbamates (subject to hydrolysis) is 1. The van der Waals surface area contributed by atoms with Crippen molar-refractivity contribution in [2.24, 2.45) is 0 Å². The van der Waals surface area contributed by atoms with Gasteiger partial charge in [-0.1, -0.05) is 29.3 Å². The zero-order valence-electron chi connectivity index (χ0n) is 18.6. The second-order valence-corrected chi connectivity index (χ2v) is 9.52. The summed E-state index contributed by atoms with van der Waals surface area (Å²) in [5, 5.41) is 2.98. The molecule has 6 nitrogen and oxygen atoms in total. The van der Waals surface area contributed by atoms with Gasteiger partial charge in [0.05, 0.1) is 21.7 Å². The molecule has 2 unspecified atom stereocenters. The van der Waals surface area contributed by atoms with E-state index in [4.69, 9.17) is 37.4 Å². The molecular formula is C24H26Cl2FNO5. The van der Waals surface area contributed by atoms with Crippen molar-refractivity contribution < 1.29 is 28.2 Å². The Bertz CT molecular complexity index is 1020. The Labute approximate surface area is 202 Å². The molecule has 178 valence electrons. The Morgan fingerprint density at radius 3 is 2.55 bits per heavy atom. The molecule has 33 heavy (non-hydrogen) atoms. The van der Waals surface area contributed by atoms with Crippen LogP contribution in [0, 0.1) is 5.82 Å². The largest absolute Gasteiger partial charge is 0.491 e. The van der Waals surface area contributed by atoms with Crippen LogP contribution in [0.15, 0.2) is 36.4 Å².